The molecule has 0 amide bonds. The monoisotopic (exact) mass is 256 g/mol. The lowest BCUT2D eigenvalue weighted by Gasteiger charge is -2.14. The first kappa shape index (κ1) is 14.6. The van der Waals surface area contributed by atoms with Gasteiger partial charge in [0.1, 0.15) is 0 Å². The van der Waals surface area contributed by atoms with Crippen LogP contribution < -0.4 is 0 Å². The molecule has 0 aliphatic carbocycles. The van der Waals surface area contributed by atoms with Gasteiger partial charge in [0.05, 0.1) is 19.1 Å². The number of aliphatic carboxylic acids is 1. The second-order valence-corrected chi connectivity index (χ2v) is 4.06. The van der Waals surface area contributed by atoms with Gasteiger partial charge in [0.15, 0.2) is 5.82 Å². The first-order valence-corrected chi connectivity index (χ1v) is 6.25. The fraction of sp³-hybridized carbons (Fsp3) is 0.818. The van der Waals surface area contributed by atoms with Gasteiger partial charge in [-0.1, -0.05) is 13.8 Å². The Morgan fingerprint density at radius 2 is 2.22 bits per heavy atom. The summed E-state index contributed by atoms with van der Waals surface area (Å²) in [6, 6.07) is -0.196. The summed E-state index contributed by atoms with van der Waals surface area (Å²) in [7, 11) is 0. The van der Waals surface area contributed by atoms with Crippen molar-refractivity contribution in [3.8, 4) is 0 Å². The third kappa shape index (κ3) is 4.40. The summed E-state index contributed by atoms with van der Waals surface area (Å²) in [5.41, 5.74) is 0. The van der Waals surface area contributed by atoms with Gasteiger partial charge < -0.3 is 9.84 Å². The van der Waals surface area contributed by atoms with Gasteiger partial charge in [0.25, 0.3) is 0 Å². The maximum atomic E-state index is 10.8. The molecule has 7 heteroatoms. The van der Waals surface area contributed by atoms with E-state index in [4.69, 9.17) is 9.84 Å². The van der Waals surface area contributed by atoms with Gasteiger partial charge in [-0.25, -0.2) is 4.68 Å². The minimum Gasteiger partial charge on any atom is -0.481 e. The molecule has 0 spiro atoms. The van der Waals surface area contributed by atoms with E-state index < -0.39 is 5.97 Å². The van der Waals surface area contributed by atoms with Gasteiger partial charge in [-0.2, -0.15) is 0 Å². The van der Waals surface area contributed by atoms with Gasteiger partial charge in [-0.3, -0.25) is 4.79 Å². The van der Waals surface area contributed by atoms with E-state index in [1.807, 2.05) is 13.8 Å². The van der Waals surface area contributed by atoms with Crippen LogP contribution in [0.25, 0.3) is 0 Å². The Hall–Kier alpha value is -1.50. The fourth-order valence-electron chi connectivity index (χ4n) is 1.68. The van der Waals surface area contributed by atoms with Crippen LogP contribution in [0.3, 0.4) is 0 Å². The number of carboxylic acid groups (broad SMARTS) is 1. The highest BCUT2D eigenvalue weighted by molar-refractivity contribution is 5.67. The molecule has 1 aromatic heterocycles. The standard InChI is InChI=1S/C11H20N4O3/c1-3-6-18-7-5-10-12-13-14-15(10)9(4-2)8-11(16)17/h9H,3-8H2,1-2H3,(H,16,17). The third-order valence-corrected chi connectivity index (χ3v) is 2.61. The van der Waals surface area contributed by atoms with Crippen molar-refractivity contribution < 1.29 is 14.6 Å². The molecule has 0 radical (unpaired) electrons. The number of hydrogen-bond acceptors (Lipinski definition) is 5. The summed E-state index contributed by atoms with van der Waals surface area (Å²) in [4.78, 5) is 10.8. The average Bonchev–Trinajstić information content (AvgIpc) is 2.79. The fourth-order valence-corrected chi connectivity index (χ4v) is 1.68. The minimum absolute atomic E-state index is 0.0321. The van der Waals surface area contributed by atoms with Gasteiger partial charge in [-0.15, -0.1) is 5.10 Å². The van der Waals surface area contributed by atoms with Crippen molar-refractivity contribution in [3.63, 3.8) is 0 Å². The first-order valence-electron chi connectivity index (χ1n) is 6.25. The van der Waals surface area contributed by atoms with Crippen molar-refractivity contribution in [3.05, 3.63) is 5.82 Å². The maximum Gasteiger partial charge on any atom is 0.305 e. The van der Waals surface area contributed by atoms with Crippen molar-refractivity contribution >= 4 is 5.97 Å². The number of carboxylic acids is 1. The number of carbonyl (C=O) groups is 1. The average molecular weight is 256 g/mol. The van der Waals surface area contributed by atoms with Crippen LogP contribution in [0.15, 0.2) is 0 Å². The molecule has 0 aliphatic heterocycles. The molecule has 0 saturated heterocycles. The van der Waals surface area contributed by atoms with Crippen molar-refractivity contribution in [1.82, 2.24) is 20.2 Å². The molecule has 0 fully saturated rings. The largest absolute Gasteiger partial charge is 0.481 e. The molecule has 7 nitrogen and oxygen atoms in total. The Kier molecular flexibility index (Phi) is 6.27. The zero-order chi connectivity index (χ0) is 13.4. The molecule has 1 aromatic rings. The lowest BCUT2D eigenvalue weighted by atomic mass is 10.1. The van der Waals surface area contributed by atoms with Crippen LogP contribution in [0.1, 0.15) is 45.0 Å². The van der Waals surface area contributed by atoms with Crippen molar-refractivity contribution in [2.75, 3.05) is 13.2 Å². The number of hydrogen-bond donors (Lipinski definition) is 1. The van der Waals surface area contributed by atoms with Gasteiger partial charge in [-0.05, 0) is 23.3 Å². The van der Waals surface area contributed by atoms with Crippen LogP contribution in [0.5, 0.6) is 0 Å². The molecule has 0 saturated carbocycles. The lowest BCUT2D eigenvalue weighted by Crippen LogP contribution is -2.18. The molecule has 0 aliphatic rings. The molecule has 1 heterocycles. The van der Waals surface area contributed by atoms with E-state index in [9.17, 15) is 4.79 Å². The Bertz CT molecular complexity index is 367. The maximum absolute atomic E-state index is 10.8. The van der Waals surface area contributed by atoms with Crippen LogP contribution >= 0.6 is 0 Å². The van der Waals surface area contributed by atoms with Crippen LogP contribution in [0, 0.1) is 0 Å². The minimum atomic E-state index is -0.842. The van der Waals surface area contributed by atoms with E-state index in [1.54, 1.807) is 4.68 Å². The van der Waals surface area contributed by atoms with Crippen LogP contribution in [-0.4, -0.2) is 44.5 Å². The Labute approximate surface area is 106 Å². The van der Waals surface area contributed by atoms with E-state index in [0.717, 1.165) is 6.42 Å². The molecule has 1 unspecified atom stereocenters. The Morgan fingerprint density at radius 1 is 1.44 bits per heavy atom. The van der Waals surface area contributed by atoms with E-state index in [1.165, 1.54) is 0 Å². The van der Waals surface area contributed by atoms with Crippen molar-refractivity contribution in [1.29, 1.82) is 0 Å². The number of tetrazole rings is 1. The summed E-state index contributed by atoms with van der Waals surface area (Å²) >= 11 is 0. The molecule has 0 aromatic carbocycles. The zero-order valence-corrected chi connectivity index (χ0v) is 10.9. The lowest BCUT2D eigenvalue weighted by molar-refractivity contribution is -0.138. The summed E-state index contributed by atoms with van der Waals surface area (Å²) < 4.78 is 6.98. The molecule has 1 rings (SSSR count). The Balaban J connectivity index is 2.59. The predicted molar refractivity (Wildman–Crippen MR) is 64.2 cm³/mol. The zero-order valence-electron chi connectivity index (χ0n) is 10.9. The first-order chi connectivity index (χ1) is 8.69. The third-order valence-electron chi connectivity index (χ3n) is 2.61. The van der Waals surface area contributed by atoms with E-state index >= 15 is 0 Å². The smallest absolute Gasteiger partial charge is 0.305 e. The van der Waals surface area contributed by atoms with Gasteiger partial charge in [0.2, 0.25) is 0 Å². The van der Waals surface area contributed by atoms with Crippen LogP contribution in [-0.2, 0) is 16.0 Å². The molecule has 1 N–H and O–H groups in total. The predicted octanol–water partition coefficient (Wildman–Crippen LogP) is 1.07. The van der Waals surface area contributed by atoms with Gasteiger partial charge in [0, 0.05) is 13.0 Å². The SMILES string of the molecule is CCCOCCc1nnnn1C(CC)CC(=O)O. The molecule has 18 heavy (non-hydrogen) atoms. The highest BCUT2D eigenvalue weighted by Crippen LogP contribution is 2.15. The number of rotatable bonds is 9. The highest BCUT2D eigenvalue weighted by atomic mass is 16.5. The molecule has 1 atom stereocenters. The summed E-state index contributed by atoms with van der Waals surface area (Å²) in [6.07, 6.45) is 2.29. The molecular formula is C11H20N4O3. The second kappa shape index (κ2) is 7.75. The summed E-state index contributed by atoms with van der Waals surface area (Å²) in [5, 5.41) is 20.3. The quantitative estimate of drug-likeness (QED) is 0.664. The molecule has 102 valence electrons. The number of aromatic nitrogens is 4. The van der Waals surface area contributed by atoms with Crippen molar-refractivity contribution in [2.24, 2.45) is 0 Å². The number of ether oxygens (including phenoxy) is 1. The molecule has 0 bridgehead atoms. The summed E-state index contributed by atoms with van der Waals surface area (Å²) in [5.74, 6) is -0.162. The van der Waals surface area contributed by atoms with Crippen LogP contribution in [0.4, 0.5) is 0 Å². The van der Waals surface area contributed by atoms with Crippen LogP contribution in [0.2, 0.25) is 0 Å². The number of nitrogens with zero attached hydrogens (tertiary/aromatic N) is 4. The molecular weight excluding hydrogens is 236 g/mol. The van der Waals surface area contributed by atoms with E-state index in [2.05, 4.69) is 15.5 Å². The summed E-state index contributed by atoms with van der Waals surface area (Å²) in [6.45, 7) is 5.24. The topological polar surface area (TPSA) is 90.1 Å². The van der Waals surface area contributed by atoms with E-state index in [-0.39, 0.29) is 12.5 Å². The van der Waals surface area contributed by atoms with Crippen molar-refractivity contribution in [2.45, 2.75) is 45.6 Å². The van der Waals surface area contributed by atoms with E-state index in [0.29, 0.717) is 31.9 Å². The second-order valence-electron chi connectivity index (χ2n) is 4.06. The Morgan fingerprint density at radius 3 is 2.83 bits per heavy atom. The highest BCUT2D eigenvalue weighted by Gasteiger charge is 2.18. The van der Waals surface area contributed by atoms with Gasteiger partial charge >= 0.3 is 5.97 Å². The normalized spacial score (nSPS) is 12.6.